The van der Waals surface area contributed by atoms with E-state index in [2.05, 4.69) is 9.88 Å². The summed E-state index contributed by atoms with van der Waals surface area (Å²) in [6, 6.07) is 8.19. The minimum absolute atomic E-state index is 0.00234. The Balaban J connectivity index is 1.46. The Morgan fingerprint density at radius 3 is 2.36 bits per heavy atom. The van der Waals surface area contributed by atoms with Gasteiger partial charge >= 0.3 is 6.18 Å². The number of benzene rings is 1. The standard InChI is InChI=1S/C19H21ClF3N3O2/c20-17-11-15(19(21,22)23)12-24-18(17)26-7-5-25(6-8-26)9-10-28-16-3-1-14(13-27)2-4-16/h1-4,11-12,27H,5-10,13H2. The van der Waals surface area contributed by atoms with Gasteiger partial charge in [0.1, 0.15) is 18.2 Å². The highest BCUT2D eigenvalue weighted by atomic mass is 35.5. The summed E-state index contributed by atoms with van der Waals surface area (Å²) in [6.07, 6.45) is -3.63. The third-order valence-corrected chi connectivity index (χ3v) is 4.88. The first-order valence-electron chi connectivity index (χ1n) is 8.89. The zero-order chi connectivity index (χ0) is 20.1. The van der Waals surface area contributed by atoms with Crippen molar-refractivity contribution < 1.29 is 23.0 Å². The topological polar surface area (TPSA) is 48.8 Å². The molecule has 0 atom stereocenters. The normalized spacial score (nSPS) is 15.7. The summed E-state index contributed by atoms with van der Waals surface area (Å²) in [5.41, 5.74) is -0.0111. The highest BCUT2D eigenvalue weighted by Crippen LogP contribution is 2.33. The molecule has 0 amide bonds. The van der Waals surface area contributed by atoms with E-state index < -0.39 is 11.7 Å². The number of anilines is 1. The fourth-order valence-corrected chi connectivity index (χ4v) is 3.27. The first kappa shape index (κ1) is 20.7. The average Bonchev–Trinajstić information content (AvgIpc) is 2.68. The average molecular weight is 416 g/mol. The highest BCUT2D eigenvalue weighted by Gasteiger charge is 2.32. The van der Waals surface area contributed by atoms with Gasteiger partial charge in [-0.1, -0.05) is 23.7 Å². The lowest BCUT2D eigenvalue weighted by atomic mass is 10.2. The van der Waals surface area contributed by atoms with Crippen molar-refractivity contribution in [3.8, 4) is 5.75 Å². The van der Waals surface area contributed by atoms with Gasteiger partial charge in [0.05, 0.1) is 17.2 Å². The minimum atomic E-state index is -4.45. The van der Waals surface area contributed by atoms with Crippen molar-refractivity contribution in [2.24, 2.45) is 0 Å². The number of halogens is 4. The predicted octanol–water partition coefficient (Wildman–Crippen LogP) is 3.45. The first-order valence-corrected chi connectivity index (χ1v) is 9.27. The number of pyridine rings is 1. The minimum Gasteiger partial charge on any atom is -0.492 e. The van der Waals surface area contributed by atoms with E-state index in [1.165, 1.54) is 0 Å². The molecular formula is C19H21ClF3N3O2. The molecule has 2 aromatic rings. The van der Waals surface area contributed by atoms with Crippen LogP contribution in [-0.4, -0.2) is 54.3 Å². The first-order chi connectivity index (χ1) is 13.4. The van der Waals surface area contributed by atoms with Crippen molar-refractivity contribution in [2.75, 3.05) is 44.2 Å². The molecule has 5 nitrogen and oxygen atoms in total. The van der Waals surface area contributed by atoms with E-state index in [-0.39, 0.29) is 11.6 Å². The highest BCUT2D eigenvalue weighted by molar-refractivity contribution is 6.33. The Morgan fingerprint density at radius 1 is 1.11 bits per heavy atom. The molecule has 0 aliphatic carbocycles. The number of hydrogen-bond acceptors (Lipinski definition) is 5. The van der Waals surface area contributed by atoms with Crippen molar-refractivity contribution in [1.29, 1.82) is 0 Å². The lowest BCUT2D eigenvalue weighted by molar-refractivity contribution is -0.137. The molecule has 9 heteroatoms. The zero-order valence-corrected chi connectivity index (χ0v) is 15.9. The molecule has 1 aromatic heterocycles. The van der Waals surface area contributed by atoms with E-state index in [1.54, 1.807) is 0 Å². The van der Waals surface area contributed by atoms with Gasteiger partial charge in [0.15, 0.2) is 0 Å². The van der Waals surface area contributed by atoms with Gasteiger partial charge in [0, 0.05) is 38.9 Å². The van der Waals surface area contributed by atoms with E-state index in [0.29, 0.717) is 25.5 Å². The molecule has 1 aliphatic rings. The van der Waals surface area contributed by atoms with Gasteiger partial charge < -0.3 is 14.7 Å². The number of ether oxygens (including phenoxy) is 1. The zero-order valence-electron chi connectivity index (χ0n) is 15.1. The number of rotatable bonds is 6. The smallest absolute Gasteiger partial charge is 0.417 e. The molecule has 1 N–H and O–H groups in total. The molecule has 1 aliphatic heterocycles. The van der Waals surface area contributed by atoms with E-state index in [9.17, 15) is 13.2 Å². The Hall–Kier alpha value is -2.03. The largest absolute Gasteiger partial charge is 0.492 e. The third-order valence-electron chi connectivity index (χ3n) is 4.60. The molecule has 0 spiro atoms. The molecular weight excluding hydrogens is 395 g/mol. The molecule has 0 radical (unpaired) electrons. The van der Waals surface area contributed by atoms with E-state index in [1.807, 2.05) is 29.2 Å². The van der Waals surface area contributed by atoms with Crippen LogP contribution in [0.2, 0.25) is 5.02 Å². The molecule has 0 unspecified atom stereocenters. The van der Waals surface area contributed by atoms with Crippen molar-refractivity contribution in [2.45, 2.75) is 12.8 Å². The van der Waals surface area contributed by atoms with Gasteiger partial charge in [-0.3, -0.25) is 4.90 Å². The molecule has 0 bridgehead atoms. The van der Waals surface area contributed by atoms with Crippen LogP contribution in [-0.2, 0) is 12.8 Å². The summed E-state index contributed by atoms with van der Waals surface area (Å²) >= 11 is 6.02. The molecule has 1 fully saturated rings. The number of piperazine rings is 1. The van der Waals surface area contributed by atoms with Gasteiger partial charge in [-0.05, 0) is 23.8 Å². The second kappa shape index (κ2) is 8.98. The fourth-order valence-electron chi connectivity index (χ4n) is 2.99. The number of aromatic nitrogens is 1. The van der Waals surface area contributed by atoms with Crippen LogP contribution < -0.4 is 9.64 Å². The lowest BCUT2D eigenvalue weighted by Crippen LogP contribution is -2.47. The van der Waals surface area contributed by atoms with Crippen LogP contribution in [0.25, 0.3) is 0 Å². The van der Waals surface area contributed by atoms with Crippen molar-refractivity contribution in [3.05, 3.63) is 52.7 Å². The van der Waals surface area contributed by atoms with Crippen LogP contribution >= 0.6 is 11.6 Å². The van der Waals surface area contributed by atoms with Crippen molar-refractivity contribution >= 4 is 17.4 Å². The third kappa shape index (κ3) is 5.27. The Kier molecular flexibility index (Phi) is 6.64. The number of aliphatic hydroxyl groups is 1. The van der Waals surface area contributed by atoms with Crippen LogP contribution in [0.1, 0.15) is 11.1 Å². The maximum Gasteiger partial charge on any atom is 0.417 e. The molecule has 1 aromatic carbocycles. The number of aliphatic hydroxyl groups excluding tert-OH is 1. The molecule has 1 saturated heterocycles. The Morgan fingerprint density at radius 2 is 1.79 bits per heavy atom. The van der Waals surface area contributed by atoms with Gasteiger partial charge in [-0.2, -0.15) is 13.2 Å². The van der Waals surface area contributed by atoms with Crippen LogP contribution in [0.15, 0.2) is 36.5 Å². The Labute approximate surface area is 166 Å². The number of alkyl halides is 3. The van der Waals surface area contributed by atoms with Crippen LogP contribution in [0.5, 0.6) is 5.75 Å². The second-order valence-corrected chi connectivity index (χ2v) is 6.91. The quantitative estimate of drug-likeness (QED) is 0.783. The molecule has 3 rings (SSSR count). The van der Waals surface area contributed by atoms with Gasteiger partial charge in [-0.25, -0.2) is 4.98 Å². The number of hydrogen-bond donors (Lipinski definition) is 1. The van der Waals surface area contributed by atoms with Crippen LogP contribution in [0.4, 0.5) is 19.0 Å². The van der Waals surface area contributed by atoms with Crippen molar-refractivity contribution in [3.63, 3.8) is 0 Å². The maximum absolute atomic E-state index is 12.7. The van der Waals surface area contributed by atoms with Gasteiger partial charge in [0.2, 0.25) is 0 Å². The van der Waals surface area contributed by atoms with E-state index >= 15 is 0 Å². The molecule has 2 heterocycles. The summed E-state index contributed by atoms with van der Waals surface area (Å²) in [4.78, 5) is 8.04. The predicted molar refractivity (Wildman–Crippen MR) is 101 cm³/mol. The lowest BCUT2D eigenvalue weighted by Gasteiger charge is -2.35. The molecule has 0 saturated carbocycles. The summed E-state index contributed by atoms with van der Waals surface area (Å²) in [5.74, 6) is 1.13. The van der Waals surface area contributed by atoms with E-state index in [4.69, 9.17) is 21.4 Å². The molecule has 152 valence electrons. The van der Waals surface area contributed by atoms with E-state index in [0.717, 1.165) is 43.2 Å². The monoisotopic (exact) mass is 415 g/mol. The summed E-state index contributed by atoms with van der Waals surface area (Å²) in [5, 5.41) is 9.04. The second-order valence-electron chi connectivity index (χ2n) is 6.51. The Bertz CT molecular complexity index is 779. The van der Waals surface area contributed by atoms with Gasteiger partial charge in [-0.15, -0.1) is 0 Å². The van der Waals surface area contributed by atoms with Gasteiger partial charge in [0.25, 0.3) is 0 Å². The summed E-state index contributed by atoms with van der Waals surface area (Å²) in [6.45, 7) is 4.01. The maximum atomic E-state index is 12.7. The van der Waals surface area contributed by atoms with Crippen molar-refractivity contribution in [1.82, 2.24) is 9.88 Å². The molecule has 28 heavy (non-hydrogen) atoms. The van der Waals surface area contributed by atoms with Crippen LogP contribution in [0, 0.1) is 0 Å². The number of nitrogens with zero attached hydrogens (tertiary/aromatic N) is 3. The SMILES string of the molecule is OCc1ccc(OCCN2CCN(c3ncc(C(F)(F)F)cc3Cl)CC2)cc1. The van der Waals surface area contributed by atoms with Crippen LogP contribution in [0.3, 0.4) is 0 Å². The fraction of sp³-hybridized carbons (Fsp3) is 0.421. The summed E-state index contributed by atoms with van der Waals surface area (Å²) in [7, 11) is 0. The summed E-state index contributed by atoms with van der Waals surface area (Å²) < 4.78 is 43.9.